The van der Waals surface area contributed by atoms with Crippen molar-refractivity contribution < 1.29 is 14.3 Å². The molecule has 0 aromatic carbocycles. The lowest BCUT2D eigenvalue weighted by molar-refractivity contribution is -0.144. The van der Waals surface area contributed by atoms with Crippen molar-refractivity contribution in [1.82, 2.24) is 15.3 Å². The summed E-state index contributed by atoms with van der Waals surface area (Å²) in [7, 11) is 3.97. The molecule has 3 aliphatic rings. The lowest BCUT2D eigenvalue weighted by Crippen LogP contribution is -2.40. The van der Waals surface area contributed by atoms with Gasteiger partial charge >= 0.3 is 5.97 Å². The maximum Gasteiger partial charge on any atom is 0.329 e. The molecule has 6 nitrogen and oxygen atoms in total. The summed E-state index contributed by atoms with van der Waals surface area (Å²) in [5.74, 6) is 1.41. The van der Waals surface area contributed by atoms with Crippen LogP contribution in [0.25, 0.3) is 0 Å². The second-order valence-electron chi connectivity index (χ2n) is 7.08. The molecule has 0 saturated heterocycles. The zero-order valence-corrected chi connectivity index (χ0v) is 15.7. The highest BCUT2D eigenvalue weighted by molar-refractivity contribution is 5.79. The Balaban J connectivity index is 1.73. The Kier molecular flexibility index (Phi) is 5.37. The number of allylic oxidation sites excluding steroid dienone is 2. The standard InChI is InChI=1S/C19H29N3O3/c1-5-24-19(23)16-10-17(22(4)20-16)15-11-21(3)18(9-13(15)2)25-12-14-7-6-8-14/h9-10,14,16,20H,5-8,11-12H2,1-4H3. The second kappa shape index (κ2) is 7.52. The molecule has 138 valence electrons. The van der Waals surface area contributed by atoms with E-state index in [0.29, 0.717) is 6.61 Å². The molecule has 0 amide bonds. The summed E-state index contributed by atoms with van der Waals surface area (Å²) in [6.07, 6.45) is 7.95. The van der Waals surface area contributed by atoms with Gasteiger partial charge in [-0.1, -0.05) is 6.42 Å². The molecule has 0 bridgehead atoms. The summed E-state index contributed by atoms with van der Waals surface area (Å²) >= 11 is 0. The van der Waals surface area contributed by atoms with Crippen LogP contribution >= 0.6 is 0 Å². The number of hydrogen-bond acceptors (Lipinski definition) is 6. The van der Waals surface area contributed by atoms with Gasteiger partial charge in [0.15, 0.2) is 5.88 Å². The largest absolute Gasteiger partial charge is 0.479 e. The van der Waals surface area contributed by atoms with Gasteiger partial charge in [-0.2, -0.15) is 0 Å². The monoisotopic (exact) mass is 347 g/mol. The molecule has 0 spiro atoms. The van der Waals surface area contributed by atoms with Crippen LogP contribution in [0, 0.1) is 5.92 Å². The molecule has 25 heavy (non-hydrogen) atoms. The highest BCUT2D eigenvalue weighted by atomic mass is 16.5. The fraction of sp³-hybridized carbons (Fsp3) is 0.632. The van der Waals surface area contributed by atoms with Gasteiger partial charge in [0.2, 0.25) is 0 Å². The molecule has 3 rings (SSSR count). The Hall–Kier alpha value is -1.95. The molecule has 1 N–H and O–H groups in total. The van der Waals surface area contributed by atoms with E-state index in [1.165, 1.54) is 30.4 Å². The van der Waals surface area contributed by atoms with Crippen molar-refractivity contribution in [1.29, 1.82) is 0 Å². The number of carbonyl (C=O) groups excluding carboxylic acids is 1. The number of rotatable bonds is 6. The van der Waals surface area contributed by atoms with Gasteiger partial charge < -0.3 is 19.4 Å². The van der Waals surface area contributed by atoms with Crippen LogP contribution in [-0.4, -0.2) is 55.8 Å². The topological polar surface area (TPSA) is 54.0 Å². The number of nitrogens with one attached hydrogen (secondary N) is 1. The third-order valence-electron chi connectivity index (χ3n) is 5.15. The molecule has 1 atom stereocenters. The van der Waals surface area contributed by atoms with Gasteiger partial charge in [0.1, 0.15) is 6.04 Å². The highest BCUT2D eigenvalue weighted by Gasteiger charge is 2.31. The lowest BCUT2D eigenvalue weighted by atomic mass is 9.86. The molecule has 0 aromatic heterocycles. The van der Waals surface area contributed by atoms with Crippen LogP contribution in [0.1, 0.15) is 33.1 Å². The van der Waals surface area contributed by atoms with E-state index in [1.54, 1.807) is 0 Å². The van der Waals surface area contributed by atoms with Crippen LogP contribution in [-0.2, 0) is 14.3 Å². The SMILES string of the molecule is CCOC(=O)C1C=C(C2=C(C)C=C(OCC3CCC3)N(C)C2)N(C)N1. The molecule has 1 saturated carbocycles. The van der Waals surface area contributed by atoms with Crippen molar-refractivity contribution in [2.24, 2.45) is 5.92 Å². The average Bonchev–Trinajstić information content (AvgIpc) is 2.91. The third-order valence-corrected chi connectivity index (χ3v) is 5.15. The van der Waals surface area contributed by atoms with E-state index in [9.17, 15) is 4.79 Å². The minimum Gasteiger partial charge on any atom is -0.479 e. The number of esters is 1. The summed E-state index contributed by atoms with van der Waals surface area (Å²) in [5, 5.41) is 1.91. The van der Waals surface area contributed by atoms with Gasteiger partial charge in [0, 0.05) is 26.7 Å². The fourth-order valence-corrected chi connectivity index (χ4v) is 3.36. The van der Waals surface area contributed by atoms with E-state index >= 15 is 0 Å². The van der Waals surface area contributed by atoms with E-state index in [2.05, 4.69) is 23.3 Å². The van der Waals surface area contributed by atoms with E-state index in [0.717, 1.165) is 30.6 Å². The van der Waals surface area contributed by atoms with Crippen molar-refractivity contribution in [3.8, 4) is 0 Å². The predicted molar refractivity (Wildman–Crippen MR) is 96.1 cm³/mol. The minimum atomic E-state index is -0.425. The van der Waals surface area contributed by atoms with Crippen LogP contribution in [0.15, 0.2) is 34.9 Å². The molecular weight excluding hydrogens is 318 g/mol. The number of hydrazine groups is 1. The van der Waals surface area contributed by atoms with Crippen molar-refractivity contribution in [3.63, 3.8) is 0 Å². The first kappa shape index (κ1) is 17.9. The van der Waals surface area contributed by atoms with E-state index in [1.807, 2.05) is 32.1 Å². The number of carbonyl (C=O) groups is 1. The Morgan fingerprint density at radius 2 is 2.12 bits per heavy atom. The number of hydrogen-bond donors (Lipinski definition) is 1. The lowest BCUT2D eigenvalue weighted by Gasteiger charge is -2.33. The van der Waals surface area contributed by atoms with Gasteiger partial charge in [-0.3, -0.25) is 0 Å². The minimum absolute atomic E-state index is 0.244. The molecule has 1 unspecified atom stereocenters. The van der Waals surface area contributed by atoms with Crippen molar-refractivity contribution in [2.45, 2.75) is 39.2 Å². The van der Waals surface area contributed by atoms with Crippen LogP contribution in [0.2, 0.25) is 0 Å². The Labute approximate surface area is 150 Å². The molecule has 6 heteroatoms. The summed E-state index contributed by atoms with van der Waals surface area (Å²) in [4.78, 5) is 14.1. The first-order valence-electron chi connectivity index (χ1n) is 9.13. The first-order valence-corrected chi connectivity index (χ1v) is 9.13. The van der Waals surface area contributed by atoms with Crippen LogP contribution < -0.4 is 5.43 Å². The van der Waals surface area contributed by atoms with Crippen LogP contribution in [0.4, 0.5) is 0 Å². The number of likely N-dealkylation sites (N-methyl/N-ethyl adjacent to an activating group) is 2. The maximum atomic E-state index is 12.0. The zero-order chi connectivity index (χ0) is 18.0. The summed E-state index contributed by atoms with van der Waals surface area (Å²) in [6.45, 7) is 5.88. The fourth-order valence-electron chi connectivity index (χ4n) is 3.36. The number of nitrogens with zero attached hydrogens (tertiary/aromatic N) is 2. The van der Waals surface area contributed by atoms with Gasteiger partial charge in [0.25, 0.3) is 0 Å². The van der Waals surface area contributed by atoms with E-state index < -0.39 is 6.04 Å². The summed E-state index contributed by atoms with van der Waals surface area (Å²) < 4.78 is 11.1. The normalized spacial score (nSPS) is 24.1. The average molecular weight is 347 g/mol. The molecule has 0 radical (unpaired) electrons. The smallest absolute Gasteiger partial charge is 0.329 e. The first-order chi connectivity index (χ1) is 12.0. The van der Waals surface area contributed by atoms with Crippen molar-refractivity contribution in [3.05, 3.63) is 34.9 Å². The molecule has 0 aromatic rings. The van der Waals surface area contributed by atoms with Crippen molar-refractivity contribution in [2.75, 3.05) is 33.9 Å². The Morgan fingerprint density at radius 3 is 2.76 bits per heavy atom. The van der Waals surface area contributed by atoms with E-state index in [-0.39, 0.29) is 5.97 Å². The van der Waals surface area contributed by atoms with Crippen LogP contribution in [0.5, 0.6) is 0 Å². The van der Waals surface area contributed by atoms with E-state index in [4.69, 9.17) is 9.47 Å². The molecule has 1 aliphatic carbocycles. The summed E-state index contributed by atoms with van der Waals surface area (Å²) in [6, 6.07) is -0.425. The van der Waals surface area contributed by atoms with Crippen LogP contribution in [0.3, 0.4) is 0 Å². The third kappa shape index (κ3) is 3.84. The molecular formula is C19H29N3O3. The highest BCUT2D eigenvalue weighted by Crippen LogP contribution is 2.31. The molecule has 1 fully saturated rings. The van der Waals surface area contributed by atoms with Gasteiger partial charge in [-0.25, -0.2) is 10.2 Å². The van der Waals surface area contributed by atoms with Gasteiger partial charge in [0.05, 0.1) is 18.9 Å². The van der Waals surface area contributed by atoms with Gasteiger partial charge in [-0.15, -0.1) is 0 Å². The molecule has 2 heterocycles. The zero-order valence-electron chi connectivity index (χ0n) is 15.7. The summed E-state index contributed by atoms with van der Waals surface area (Å²) in [5.41, 5.74) is 6.54. The Morgan fingerprint density at radius 1 is 1.36 bits per heavy atom. The van der Waals surface area contributed by atoms with Crippen molar-refractivity contribution >= 4 is 5.97 Å². The maximum absolute atomic E-state index is 12.0. The number of ether oxygens (including phenoxy) is 2. The second-order valence-corrected chi connectivity index (χ2v) is 7.08. The van der Waals surface area contributed by atoms with Gasteiger partial charge in [-0.05, 0) is 49.8 Å². The quantitative estimate of drug-likeness (QED) is 0.743. The predicted octanol–water partition coefficient (Wildman–Crippen LogP) is 2.17. The molecule has 2 aliphatic heterocycles. The Bertz CT molecular complexity index is 619.